The summed E-state index contributed by atoms with van der Waals surface area (Å²) in [5.41, 5.74) is -0.866. The second-order valence-corrected chi connectivity index (χ2v) is 4.16. The van der Waals surface area contributed by atoms with Crippen LogP contribution in [0.2, 0.25) is 0 Å². The van der Waals surface area contributed by atoms with Crippen LogP contribution < -0.4 is 11.2 Å². The van der Waals surface area contributed by atoms with E-state index in [4.69, 9.17) is 14.6 Å². The van der Waals surface area contributed by atoms with Gasteiger partial charge < -0.3 is 19.7 Å². The molecule has 2 heterocycles. The molecule has 3 unspecified atom stereocenters. The summed E-state index contributed by atoms with van der Waals surface area (Å²) < 4.78 is 11.4. The number of methoxy groups -OCH3 is 1. The fraction of sp³-hybridized carbons (Fsp3) is 0.455. The van der Waals surface area contributed by atoms with Gasteiger partial charge in [-0.2, -0.15) is 0 Å². The lowest BCUT2D eigenvalue weighted by molar-refractivity contribution is -0.0432. The van der Waals surface area contributed by atoms with Crippen molar-refractivity contribution in [1.29, 1.82) is 0 Å². The quantitative estimate of drug-likeness (QED) is 0.603. The van der Waals surface area contributed by atoms with Crippen LogP contribution in [0.25, 0.3) is 0 Å². The summed E-state index contributed by atoms with van der Waals surface area (Å²) in [4.78, 5) is 25.2. The monoisotopic (exact) mass is 270 g/mol. The second kappa shape index (κ2) is 4.90. The summed E-state index contributed by atoms with van der Waals surface area (Å²) in [6, 6.07) is 0. The first-order valence-corrected chi connectivity index (χ1v) is 5.53. The van der Waals surface area contributed by atoms with E-state index >= 15 is 0 Å². The van der Waals surface area contributed by atoms with E-state index in [0.29, 0.717) is 11.8 Å². The number of nitrogens with one attached hydrogen (secondary N) is 1. The average molecular weight is 270 g/mol. The zero-order valence-electron chi connectivity index (χ0n) is 10.4. The molecule has 104 valence electrons. The number of aliphatic hydroxyl groups is 2. The molecule has 3 atom stereocenters. The Hall–Kier alpha value is -2.06. The van der Waals surface area contributed by atoms with Gasteiger partial charge in [-0.3, -0.25) is 14.3 Å². The Labute approximate surface area is 107 Å². The van der Waals surface area contributed by atoms with Gasteiger partial charge in [0.15, 0.2) is 5.76 Å². The molecule has 1 fully saturated rings. The highest BCUT2D eigenvalue weighted by Crippen LogP contribution is 2.32. The van der Waals surface area contributed by atoms with Gasteiger partial charge in [-0.1, -0.05) is 0 Å². The first-order chi connectivity index (χ1) is 8.99. The Morgan fingerprint density at radius 1 is 1.53 bits per heavy atom. The summed E-state index contributed by atoms with van der Waals surface area (Å²) in [6.45, 7) is 1.53. The Bertz CT molecular complexity index is 616. The van der Waals surface area contributed by atoms with Crippen molar-refractivity contribution in [3.05, 3.63) is 44.6 Å². The topological polar surface area (TPSA) is 114 Å². The SMILES string of the molecule is COC1C(O)C(=CO)OC1n1cc(C)c(=O)[nH]c1=O. The Kier molecular flexibility index (Phi) is 3.45. The van der Waals surface area contributed by atoms with Crippen molar-refractivity contribution < 1.29 is 19.7 Å². The normalized spacial score (nSPS) is 28.6. The minimum absolute atomic E-state index is 0.104. The highest BCUT2D eigenvalue weighted by Gasteiger charge is 2.43. The van der Waals surface area contributed by atoms with Crippen LogP contribution >= 0.6 is 0 Å². The van der Waals surface area contributed by atoms with Gasteiger partial charge in [-0.25, -0.2) is 4.79 Å². The lowest BCUT2D eigenvalue weighted by Crippen LogP contribution is -2.38. The maximum absolute atomic E-state index is 11.8. The summed E-state index contributed by atoms with van der Waals surface area (Å²) in [5.74, 6) is -0.104. The van der Waals surface area contributed by atoms with Crippen molar-refractivity contribution in [2.45, 2.75) is 25.4 Å². The first-order valence-electron chi connectivity index (χ1n) is 5.53. The standard InChI is InChI=1S/C11H14N2O6/c1-5-3-13(11(17)12-9(5)16)10-8(18-2)7(15)6(4-14)19-10/h3-4,7-8,10,14-15H,1-2H3,(H,12,16,17). The molecule has 0 aliphatic carbocycles. The van der Waals surface area contributed by atoms with Crippen molar-refractivity contribution in [3.63, 3.8) is 0 Å². The van der Waals surface area contributed by atoms with Crippen LogP contribution in [0.3, 0.4) is 0 Å². The number of rotatable bonds is 2. The largest absolute Gasteiger partial charge is 0.512 e. The second-order valence-electron chi connectivity index (χ2n) is 4.16. The molecule has 3 N–H and O–H groups in total. The van der Waals surface area contributed by atoms with Crippen LogP contribution in [0.4, 0.5) is 0 Å². The van der Waals surface area contributed by atoms with E-state index in [1.807, 2.05) is 0 Å². The van der Waals surface area contributed by atoms with E-state index in [-0.39, 0.29) is 5.76 Å². The number of hydrogen-bond acceptors (Lipinski definition) is 6. The molecule has 2 rings (SSSR count). The zero-order chi connectivity index (χ0) is 14.2. The highest BCUT2D eigenvalue weighted by atomic mass is 16.6. The smallest absolute Gasteiger partial charge is 0.331 e. The summed E-state index contributed by atoms with van der Waals surface area (Å²) in [5, 5.41) is 18.8. The molecule has 1 aliphatic rings. The van der Waals surface area contributed by atoms with Crippen molar-refractivity contribution in [3.8, 4) is 0 Å². The molecule has 0 amide bonds. The van der Waals surface area contributed by atoms with E-state index in [1.165, 1.54) is 20.2 Å². The Morgan fingerprint density at radius 3 is 2.79 bits per heavy atom. The molecule has 8 heteroatoms. The van der Waals surface area contributed by atoms with Gasteiger partial charge in [0, 0.05) is 18.9 Å². The van der Waals surface area contributed by atoms with Gasteiger partial charge in [0.25, 0.3) is 5.56 Å². The third kappa shape index (κ3) is 2.15. The van der Waals surface area contributed by atoms with E-state index in [0.717, 1.165) is 4.57 Å². The van der Waals surface area contributed by atoms with Crippen LogP contribution in [0.1, 0.15) is 11.8 Å². The number of aliphatic hydroxyl groups excluding tert-OH is 2. The lowest BCUT2D eigenvalue weighted by atomic mass is 10.2. The van der Waals surface area contributed by atoms with Gasteiger partial charge >= 0.3 is 5.69 Å². The molecular formula is C11H14N2O6. The first kappa shape index (κ1) is 13.4. The van der Waals surface area contributed by atoms with Gasteiger partial charge in [0.05, 0.1) is 0 Å². The molecule has 1 saturated heterocycles. The minimum Gasteiger partial charge on any atom is -0.512 e. The van der Waals surface area contributed by atoms with E-state index in [2.05, 4.69) is 4.98 Å². The molecule has 0 saturated carbocycles. The molecule has 8 nitrogen and oxygen atoms in total. The number of aromatic amines is 1. The fourth-order valence-electron chi connectivity index (χ4n) is 1.94. The third-order valence-corrected chi connectivity index (χ3v) is 2.96. The van der Waals surface area contributed by atoms with Crippen LogP contribution in [0.5, 0.6) is 0 Å². The van der Waals surface area contributed by atoms with Crippen LogP contribution in [-0.2, 0) is 9.47 Å². The number of ether oxygens (including phenoxy) is 2. The number of aromatic nitrogens is 2. The molecule has 0 radical (unpaired) electrons. The maximum Gasteiger partial charge on any atom is 0.331 e. The van der Waals surface area contributed by atoms with E-state index in [1.54, 1.807) is 0 Å². The highest BCUT2D eigenvalue weighted by molar-refractivity contribution is 5.09. The third-order valence-electron chi connectivity index (χ3n) is 2.96. The summed E-state index contributed by atoms with van der Waals surface area (Å²) >= 11 is 0. The minimum atomic E-state index is -1.20. The fourth-order valence-corrected chi connectivity index (χ4v) is 1.94. The molecule has 0 spiro atoms. The molecule has 1 aromatic rings. The molecule has 19 heavy (non-hydrogen) atoms. The van der Waals surface area contributed by atoms with Crippen molar-refractivity contribution in [2.75, 3.05) is 7.11 Å². The molecule has 1 aromatic heterocycles. The summed E-state index contributed by atoms with van der Waals surface area (Å²) in [7, 11) is 1.34. The molecule has 1 aliphatic heterocycles. The number of hydrogen-bond donors (Lipinski definition) is 3. The lowest BCUT2D eigenvalue weighted by Gasteiger charge is -2.19. The van der Waals surface area contributed by atoms with E-state index < -0.39 is 29.7 Å². The molecule has 0 aromatic carbocycles. The van der Waals surface area contributed by atoms with Gasteiger partial charge in [-0.15, -0.1) is 0 Å². The number of aryl methyl sites for hydroxylation is 1. The van der Waals surface area contributed by atoms with E-state index in [9.17, 15) is 14.7 Å². The predicted octanol–water partition coefficient (Wildman–Crippen LogP) is -0.851. The average Bonchev–Trinajstić information content (AvgIpc) is 2.70. The molecular weight excluding hydrogens is 256 g/mol. The molecule has 0 bridgehead atoms. The van der Waals surface area contributed by atoms with Crippen molar-refractivity contribution in [1.82, 2.24) is 9.55 Å². The van der Waals surface area contributed by atoms with Crippen LogP contribution in [-0.4, -0.2) is 39.1 Å². The predicted molar refractivity (Wildman–Crippen MR) is 63.7 cm³/mol. The van der Waals surface area contributed by atoms with Crippen molar-refractivity contribution in [2.24, 2.45) is 0 Å². The zero-order valence-corrected chi connectivity index (χ0v) is 10.4. The Morgan fingerprint density at radius 2 is 2.21 bits per heavy atom. The van der Waals surface area contributed by atoms with Gasteiger partial charge in [0.1, 0.15) is 18.5 Å². The van der Waals surface area contributed by atoms with Gasteiger partial charge in [0.2, 0.25) is 6.23 Å². The maximum atomic E-state index is 11.8. The number of nitrogens with zero attached hydrogens (tertiary/aromatic N) is 1. The van der Waals surface area contributed by atoms with Gasteiger partial charge in [-0.05, 0) is 6.92 Å². The van der Waals surface area contributed by atoms with Crippen molar-refractivity contribution >= 4 is 0 Å². The van der Waals surface area contributed by atoms with Crippen LogP contribution in [0, 0.1) is 6.92 Å². The number of H-pyrrole nitrogens is 1. The summed E-state index contributed by atoms with van der Waals surface area (Å²) in [6.07, 6.45) is -1.12. The Balaban J connectivity index is 2.50. The van der Waals surface area contributed by atoms with Crippen LogP contribution in [0.15, 0.2) is 27.8 Å².